The van der Waals surface area contributed by atoms with Gasteiger partial charge in [0.2, 0.25) is 0 Å². The summed E-state index contributed by atoms with van der Waals surface area (Å²) in [6, 6.07) is 2.48. The van der Waals surface area contributed by atoms with Gasteiger partial charge in [0.05, 0.1) is 0 Å². The molecule has 0 aromatic carbocycles. The quantitative estimate of drug-likeness (QED) is 0.890. The lowest BCUT2D eigenvalue weighted by atomic mass is 9.73. The van der Waals surface area contributed by atoms with Gasteiger partial charge in [0.1, 0.15) is 0 Å². The fraction of sp³-hybridized carbons (Fsp3) is 0.800. The Balaban J connectivity index is 2.16. The SMILES string of the molecule is CCCn1nccc1C1CC(C(C)C)CCC1N. The van der Waals surface area contributed by atoms with Crippen LogP contribution < -0.4 is 5.73 Å². The van der Waals surface area contributed by atoms with Crippen molar-refractivity contribution >= 4 is 0 Å². The Labute approximate surface area is 111 Å². The molecule has 1 aliphatic rings. The van der Waals surface area contributed by atoms with Gasteiger partial charge in [-0.3, -0.25) is 4.68 Å². The lowest BCUT2D eigenvalue weighted by Crippen LogP contribution is -2.37. The fourth-order valence-electron chi connectivity index (χ4n) is 3.23. The van der Waals surface area contributed by atoms with Crippen LogP contribution in [0.3, 0.4) is 0 Å². The zero-order valence-corrected chi connectivity index (χ0v) is 12.0. The monoisotopic (exact) mass is 249 g/mol. The molecule has 102 valence electrons. The number of nitrogens with two attached hydrogens (primary N) is 1. The van der Waals surface area contributed by atoms with E-state index in [1.54, 1.807) is 0 Å². The molecule has 0 bridgehead atoms. The van der Waals surface area contributed by atoms with Crippen molar-refractivity contribution in [3.8, 4) is 0 Å². The molecule has 1 aliphatic carbocycles. The first kappa shape index (κ1) is 13.6. The smallest absolute Gasteiger partial charge is 0.0492 e. The molecule has 2 rings (SSSR count). The average Bonchev–Trinajstić information content (AvgIpc) is 2.78. The minimum atomic E-state index is 0.312. The minimum Gasteiger partial charge on any atom is -0.327 e. The van der Waals surface area contributed by atoms with Crippen molar-refractivity contribution in [2.75, 3.05) is 0 Å². The van der Waals surface area contributed by atoms with E-state index < -0.39 is 0 Å². The van der Waals surface area contributed by atoms with Gasteiger partial charge in [-0.25, -0.2) is 0 Å². The molecule has 3 atom stereocenters. The minimum absolute atomic E-state index is 0.312. The van der Waals surface area contributed by atoms with Crippen LogP contribution >= 0.6 is 0 Å². The van der Waals surface area contributed by atoms with Crippen LogP contribution in [0.25, 0.3) is 0 Å². The summed E-state index contributed by atoms with van der Waals surface area (Å²) in [6.07, 6.45) is 6.73. The van der Waals surface area contributed by atoms with E-state index in [2.05, 4.69) is 36.6 Å². The van der Waals surface area contributed by atoms with E-state index in [4.69, 9.17) is 5.73 Å². The van der Waals surface area contributed by atoms with Crippen LogP contribution in [0.15, 0.2) is 12.3 Å². The number of hydrogen-bond donors (Lipinski definition) is 1. The summed E-state index contributed by atoms with van der Waals surface area (Å²) in [5.74, 6) is 2.09. The Kier molecular flexibility index (Phi) is 4.44. The number of aryl methyl sites for hydroxylation is 1. The van der Waals surface area contributed by atoms with E-state index in [1.165, 1.54) is 18.5 Å². The van der Waals surface area contributed by atoms with Gasteiger partial charge in [0.15, 0.2) is 0 Å². The third kappa shape index (κ3) is 2.77. The maximum absolute atomic E-state index is 6.36. The maximum Gasteiger partial charge on any atom is 0.0492 e. The molecular formula is C15H27N3. The molecule has 18 heavy (non-hydrogen) atoms. The highest BCUT2D eigenvalue weighted by Gasteiger charge is 2.32. The summed E-state index contributed by atoms with van der Waals surface area (Å²) in [5, 5.41) is 4.45. The summed E-state index contributed by atoms with van der Waals surface area (Å²) >= 11 is 0. The van der Waals surface area contributed by atoms with Gasteiger partial charge in [-0.2, -0.15) is 5.10 Å². The Hall–Kier alpha value is -0.830. The molecule has 0 spiro atoms. The lowest BCUT2D eigenvalue weighted by Gasteiger charge is -2.36. The molecule has 0 saturated heterocycles. The van der Waals surface area contributed by atoms with E-state index >= 15 is 0 Å². The highest BCUT2D eigenvalue weighted by atomic mass is 15.3. The van der Waals surface area contributed by atoms with Gasteiger partial charge < -0.3 is 5.73 Å². The number of nitrogens with zero attached hydrogens (tertiary/aromatic N) is 2. The third-order valence-corrected chi connectivity index (χ3v) is 4.45. The molecule has 3 heteroatoms. The average molecular weight is 249 g/mol. The molecule has 0 radical (unpaired) electrons. The molecular weight excluding hydrogens is 222 g/mol. The van der Waals surface area contributed by atoms with E-state index in [1.807, 2.05) is 6.20 Å². The standard InChI is InChI=1S/C15H27N3/c1-4-9-18-15(7-8-17-18)13-10-12(11(2)3)5-6-14(13)16/h7-8,11-14H,4-6,9-10,16H2,1-3H3. The summed E-state index contributed by atoms with van der Waals surface area (Å²) in [6.45, 7) is 7.88. The summed E-state index contributed by atoms with van der Waals surface area (Å²) in [4.78, 5) is 0. The molecule has 0 aliphatic heterocycles. The highest BCUT2D eigenvalue weighted by Crippen LogP contribution is 2.38. The second-order valence-electron chi connectivity index (χ2n) is 6.07. The maximum atomic E-state index is 6.36. The molecule has 3 unspecified atom stereocenters. The molecule has 1 heterocycles. The van der Waals surface area contributed by atoms with E-state index in [-0.39, 0.29) is 0 Å². The second kappa shape index (κ2) is 5.87. The fourth-order valence-corrected chi connectivity index (χ4v) is 3.23. The normalized spacial score (nSPS) is 28.8. The van der Waals surface area contributed by atoms with Crippen molar-refractivity contribution in [1.82, 2.24) is 9.78 Å². The zero-order chi connectivity index (χ0) is 13.1. The zero-order valence-electron chi connectivity index (χ0n) is 12.0. The third-order valence-electron chi connectivity index (χ3n) is 4.45. The first-order chi connectivity index (χ1) is 8.63. The largest absolute Gasteiger partial charge is 0.327 e. The predicted molar refractivity (Wildman–Crippen MR) is 75.4 cm³/mol. The summed E-state index contributed by atoms with van der Waals surface area (Å²) in [7, 11) is 0. The molecule has 1 aromatic rings. The molecule has 3 nitrogen and oxygen atoms in total. The molecule has 0 amide bonds. The van der Waals surface area contributed by atoms with E-state index in [0.29, 0.717) is 12.0 Å². The van der Waals surface area contributed by atoms with Gasteiger partial charge in [-0.15, -0.1) is 0 Å². The number of hydrogen-bond acceptors (Lipinski definition) is 2. The molecule has 2 N–H and O–H groups in total. The van der Waals surface area contributed by atoms with Crippen LogP contribution in [0, 0.1) is 11.8 Å². The van der Waals surface area contributed by atoms with Crippen LogP contribution in [0.1, 0.15) is 58.1 Å². The first-order valence-corrected chi connectivity index (χ1v) is 7.40. The van der Waals surface area contributed by atoms with Gasteiger partial charge in [-0.1, -0.05) is 20.8 Å². The number of rotatable bonds is 4. The van der Waals surface area contributed by atoms with Crippen LogP contribution in [0.5, 0.6) is 0 Å². The van der Waals surface area contributed by atoms with Crippen molar-refractivity contribution < 1.29 is 0 Å². The van der Waals surface area contributed by atoms with Gasteiger partial charge in [0, 0.05) is 30.4 Å². The van der Waals surface area contributed by atoms with Crippen molar-refractivity contribution in [1.29, 1.82) is 0 Å². The summed E-state index contributed by atoms with van der Waals surface area (Å²) in [5.41, 5.74) is 7.71. The van der Waals surface area contributed by atoms with E-state index in [0.717, 1.165) is 31.2 Å². The van der Waals surface area contributed by atoms with E-state index in [9.17, 15) is 0 Å². The van der Waals surface area contributed by atoms with Crippen LogP contribution in [0.4, 0.5) is 0 Å². The molecule has 1 aromatic heterocycles. The first-order valence-electron chi connectivity index (χ1n) is 7.40. The van der Waals surface area contributed by atoms with Gasteiger partial charge in [0.25, 0.3) is 0 Å². The Morgan fingerprint density at radius 2 is 2.22 bits per heavy atom. The molecule has 1 saturated carbocycles. The van der Waals surface area contributed by atoms with Crippen molar-refractivity contribution in [3.63, 3.8) is 0 Å². The van der Waals surface area contributed by atoms with Gasteiger partial charge >= 0.3 is 0 Å². The van der Waals surface area contributed by atoms with Gasteiger partial charge in [-0.05, 0) is 43.6 Å². The van der Waals surface area contributed by atoms with Crippen molar-refractivity contribution in [2.45, 2.75) is 65.0 Å². The van der Waals surface area contributed by atoms with Crippen LogP contribution in [0.2, 0.25) is 0 Å². The van der Waals surface area contributed by atoms with Crippen LogP contribution in [-0.2, 0) is 6.54 Å². The number of aromatic nitrogens is 2. The van der Waals surface area contributed by atoms with Crippen molar-refractivity contribution in [3.05, 3.63) is 18.0 Å². The summed E-state index contributed by atoms with van der Waals surface area (Å²) < 4.78 is 2.16. The van der Waals surface area contributed by atoms with Crippen molar-refractivity contribution in [2.24, 2.45) is 17.6 Å². The Bertz CT molecular complexity index is 370. The topological polar surface area (TPSA) is 43.8 Å². The Morgan fingerprint density at radius 3 is 2.89 bits per heavy atom. The Morgan fingerprint density at radius 1 is 1.44 bits per heavy atom. The molecule has 1 fully saturated rings. The highest BCUT2D eigenvalue weighted by molar-refractivity contribution is 5.13. The lowest BCUT2D eigenvalue weighted by molar-refractivity contribution is 0.226. The predicted octanol–water partition coefficient (Wildman–Crippen LogP) is 3.16. The van der Waals surface area contributed by atoms with Crippen LogP contribution in [-0.4, -0.2) is 15.8 Å². The second-order valence-corrected chi connectivity index (χ2v) is 6.07.